The largest absolute Gasteiger partial charge is 0.310 e. The lowest BCUT2D eigenvalue weighted by Crippen LogP contribution is -2.26. The molecular weight excluding hydrogens is 783 g/mol. The van der Waals surface area contributed by atoms with Gasteiger partial charge in [-0.05, 0) is 155 Å². The van der Waals surface area contributed by atoms with Crippen LogP contribution >= 0.6 is 0 Å². The van der Waals surface area contributed by atoms with Gasteiger partial charge in [0.15, 0.2) is 0 Å². The van der Waals surface area contributed by atoms with Gasteiger partial charge in [0.2, 0.25) is 0 Å². The van der Waals surface area contributed by atoms with Crippen LogP contribution in [0, 0.1) is 0 Å². The molecule has 0 N–H and O–H groups in total. The van der Waals surface area contributed by atoms with Crippen LogP contribution in [0.4, 0.5) is 17.1 Å². The van der Waals surface area contributed by atoms with Crippen molar-refractivity contribution in [3.05, 3.63) is 281 Å². The number of fused-ring (bicyclic) bond motifs is 16. The Morgan fingerprint density at radius 3 is 1.22 bits per heavy atom. The summed E-state index contributed by atoms with van der Waals surface area (Å²) in [5.74, 6) is 0. The number of benzene rings is 10. The molecule has 4 aliphatic rings. The summed E-state index contributed by atoms with van der Waals surface area (Å²) in [6.45, 7) is 0. The van der Waals surface area contributed by atoms with Crippen LogP contribution in [-0.2, 0) is 23.7 Å². The van der Waals surface area contributed by atoms with E-state index in [9.17, 15) is 0 Å². The fourth-order valence-electron chi connectivity index (χ4n) is 12.5. The first-order chi connectivity index (χ1) is 32.2. The van der Waals surface area contributed by atoms with E-state index in [4.69, 9.17) is 0 Å². The van der Waals surface area contributed by atoms with Gasteiger partial charge in [0.05, 0.1) is 5.41 Å². The number of rotatable bonds is 5. The summed E-state index contributed by atoms with van der Waals surface area (Å²) in [5, 5.41) is 0. The van der Waals surface area contributed by atoms with Crippen LogP contribution in [0.25, 0.3) is 55.6 Å². The molecule has 14 rings (SSSR count). The van der Waals surface area contributed by atoms with Gasteiger partial charge in [-0.1, -0.05) is 194 Å². The molecule has 10 aromatic rings. The molecule has 1 heteroatoms. The third-order valence-electron chi connectivity index (χ3n) is 15.3. The summed E-state index contributed by atoms with van der Waals surface area (Å²) >= 11 is 0. The Morgan fingerprint density at radius 2 is 0.646 bits per heavy atom. The third-order valence-corrected chi connectivity index (χ3v) is 15.3. The lowest BCUT2D eigenvalue weighted by atomic mass is 9.70. The van der Waals surface area contributed by atoms with Crippen molar-refractivity contribution in [3.8, 4) is 55.6 Å². The van der Waals surface area contributed by atoms with Crippen LogP contribution in [0.15, 0.2) is 237 Å². The monoisotopic (exact) mass is 825 g/mol. The molecule has 0 fully saturated rings. The molecule has 0 bridgehead atoms. The average Bonchev–Trinajstić information content (AvgIpc) is 4.09. The van der Waals surface area contributed by atoms with E-state index >= 15 is 0 Å². The van der Waals surface area contributed by atoms with Gasteiger partial charge in [-0.2, -0.15) is 0 Å². The van der Waals surface area contributed by atoms with E-state index in [1.807, 2.05) is 0 Å². The second kappa shape index (κ2) is 13.7. The molecule has 304 valence electrons. The maximum Gasteiger partial charge on any atom is 0.0726 e. The molecule has 0 aliphatic heterocycles. The van der Waals surface area contributed by atoms with Crippen molar-refractivity contribution in [2.45, 2.75) is 23.7 Å². The molecule has 0 atom stereocenters. The lowest BCUT2D eigenvalue weighted by Gasteiger charge is -2.32. The fraction of sp³-hybridized carbons (Fsp3) is 0.0625. The van der Waals surface area contributed by atoms with Crippen molar-refractivity contribution < 1.29 is 0 Å². The topological polar surface area (TPSA) is 3.24 Å². The minimum atomic E-state index is -0.424. The number of nitrogens with zero attached hydrogens (tertiary/aromatic N) is 1. The Morgan fingerprint density at radius 1 is 0.262 bits per heavy atom. The second-order valence-corrected chi connectivity index (χ2v) is 18.4. The van der Waals surface area contributed by atoms with Crippen LogP contribution in [0.1, 0.15) is 44.5 Å². The first kappa shape index (κ1) is 36.5. The molecule has 2 spiro atoms. The van der Waals surface area contributed by atoms with Gasteiger partial charge in [0.25, 0.3) is 0 Å². The van der Waals surface area contributed by atoms with Crippen molar-refractivity contribution in [2.75, 3.05) is 4.90 Å². The highest BCUT2D eigenvalue weighted by molar-refractivity contribution is 5.96. The maximum atomic E-state index is 2.51. The molecule has 1 nitrogen and oxygen atoms in total. The molecule has 10 aromatic carbocycles. The summed E-state index contributed by atoms with van der Waals surface area (Å²) in [6.07, 6.45) is 2.08. The summed E-state index contributed by atoms with van der Waals surface area (Å²) in [5.41, 5.74) is 27.1. The number of hydrogen-bond acceptors (Lipinski definition) is 1. The van der Waals surface area contributed by atoms with Crippen molar-refractivity contribution in [1.82, 2.24) is 0 Å². The number of hydrogen-bond donors (Lipinski definition) is 0. The Balaban J connectivity index is 0.913. The van der Waals surface area contributed by atoms with Crippen LogP contribution in [0.2, 0.25) is 0 Å². The third kappa shape index (κ3) is 5.10. The van der Waals surface area contributed by atoms with Gasteiger partial charge < -0.3 is 4.90 Å². The van der Waals surface area contributed by atoms with E-state index in [0.717, 1.165) is 29.9 Å². The molecule has 65 heavy (non-hydrogen) atoms. The average molecular weight is 826 g/mol. The molecule has 0 aromatic heterocycles. The highest BCUT2D eigenvalue weighted by Crippen LogP contribution is 2.63. The summed E-state index contributed by atoms with van der Waals surface area (Å²) in [4.78, 5) is 2.45. The standard InChI is InChI=1S/C64H43N/c1-2-14-42(15-3-1)43-26-31-48(32-27-43)65(50-35-37-56-54-21-9-13-25-60(54)64(62(56)39-50)58-23-11-7-19-52(58)53-20-8-12-24-59(53)64)49-33-28-44(29-34-49)45-30-36-55-51-18-6-10-22-57(51)63(61(55)38-45)40-46-16-4-5-17-47(46)41-63/h1-39H,40-41H2. The van der Waals surface area contributed by atoms with Crippen LogP contribution in [-0.4, -0.2) is 0 Å². The maximum absolute atomic E-state index is 2.51. The highest BCUT2D eigenvalue weighted by Gasteiger charge is 2.52. The van der Waals surface area contributed by atoms with Crippen LogP contribution in [0.3, 0.4) is 0 Å². The van der Waals surface area contributed by atoms with Gasteiger partial charge in [-0.3, -0.25) is 0 Å². The van der Waals surface area contributed by atoms with Gasteiger partial charge >= 0.3 is 0 Å². The smallest absolute Gasteiger partial charge is 0.0726 e. The Kier molecular flexibility index (Phi) is 7.72. The minimum absolute atomic E-state index is 0.0424. The molecular formula is C64H43N. The van der Waals surface area contributed by atoms with Crippen molar-refractivity contribution in [3.63, 3.8) is 0 Å². The first-order valence-electron chi connectivity index (χ1n) is 23.0. The molecule has 0 radical (unpaired) electrons. The van der Waals surface area contributed by atoms with Gasteiger partial charge in [0.1, 0.15) is 0 Å². The van der Waals surface area contributed by atoms with E-state index < -0.39 is 5.41 Å². The zero-order valence-corrected chi connectivity index (χ0v) is 35.9. The first-order valence-corrected chi connectivity index (χ1v) is 23.0. The Labute approximate surface area is 380 Å². The van der Waals surface area contributed by atoms with Gasteiger partial charge in [-0.15, -0.1) is 0 Å². The van der Waals surface area contributed by atoms with E-state index in [0.29, 0.717) is 0 Å². The second-order valence-electron chi connectivity index (χ2n) is 18.4. The molecule has 4 aliphatic carbocycles. The normalized spacial score (nSPS) is 14.6. The molecule has 0 saturated heterocycles. The Bertz CT molecular complexity index is 3450. The molecule has 0 heterocycles. The molecule has 0 unspecified atom stereocenters. The number of anilines is 3. The zero-order valence-electron chi connectivity index (χ0n) is 35.9. The van der Waals surface area contributed by atoms with E-state index in [2.05, 4.69) is 241 Å². The van der Waals surface area contributed by atoms with Crippen LogP contribution < -0.4 is 4.90 Å². The predicted molar refractivity (Wildman–Crippen MR) is 268 cm³/mol. The summed E-state index contributed by atoms with van der Waals surface area (Å²) in [7, 11) is 0. The highest BCUT2D eigenvalue weighted by atomic mass is 15.1. The SMILES string of the molecule is c1ccc(-c2ccc(N(c3ccc(-c4ccc5c(c4)C4(Cc6ccccc6C4)c4ccccc4-5)cc3)c3ccc4c(c3)C3(c5ccccc5-c5ccccc53)c3ccccc3-4)cc2)cc1. The van der Waals surface area contributed by atoms with Gasteiger partial charge in [-0.25, -0.2) is 0 Å². The predicted octanol–water partition coefficient (Wildman–Crippen LogP) is 15.9. The Hall–Kier alpha value is -8.00. The lowest BCUT2D eigenvalue weighted by molar-refractivity contribution is 0.564. The quantitative estimate of drug-likeness (QED) is 0.167. The van der Waals surface area contributed by atoms with Crippen LogP contribution in [0.5, 0.6) is 0 Å². The van der Waals surface area contributed by atoms with Crippen molar-refractivity contribution >= 4 is 17.1 Å². The van der Waals surface area contributed by atoms with Gasteiger partial charge in [0, 0.05) is 22.5 Å². The summed E-state index contributed by atoms with van der Waals surface area (Å²) < 4.78 is 0. The molecule has 0 saturated carbocycles. The summed E-state index contributed by atoms with van der Waals surface area (Å²) in [6, 6.07) is 88.9. The van der Waals surface area contributed by atoms with Crippen molar-refractivity contribution in [1.29, 1.82) is 0 Å². The zero-order chi connectivity index (χ0) is 42.7. The molecule has 0 amide bonds. The van der Waals surface area contributed by atoms with Crippen molar-refractivity contribution in [2.24, 2.45) is 0 Å². The minimum Gasteiger partial charge on any atom is -0.310 e. The van der Waals surface area contributed by atoms with E-state index in [1.165, 1.54) is 100 Å². The van der Waals surface area contributed by atoms with E-state index in [1.54, 1.807) is 0 Å². The fourth-order valence-corrected chi connectivity index (χ4v) is 12.5. The van der Waals surface area contributed by atoms with E-state index in [-0.39, 0.29) is 5.41 Å².